The van der Waals surface area contributed by atoms with Crippen LogP contribution in [-0.4, -0.2) is 26.9 Å². The molecule has 6 heteroatoms. The first-order chi connectivity index (χ1) is 12.4. The van der Waals surface area contributed by atoms with Gasteiger partial charge in [-0.05, 0) is 43.7 Å². The van der Waals surface area contributed by atoms with Crippen LogP contribution < -0.4 is 0 Å². The zero-order valence-electron chi connectivity index (χ0n) is 14.6. The van der Waals surface area contributed by atoms with E-state index in [1.807, 2.05) is 38.1 Å². The first-order valence-corrected chi connectivity index (χ1v) is 10.8. The molecule has 2 aromatic rings. The van der Waals surface area contributed by atoms with Gasteiger partial charge in [0.15, 0.2) is 9.84 Å². The minimum absolute atomic E-state index is 0.108. The highest BCUT2D eigenvalue weighted by atomic mass is 79.9. The molecule has 0 saturated heterocycles. The number of aryl methyl sites for hydroxylation is 1. The third-order valence-corrected chi connectivity index (χ3v) is 7.74. The SMILES string of the molecule is CCOC[C@@]1(C#N)[C@@H](c2ccc(Br)cc2)[C@@H]1S(=O)(=O)c1ccc(C)cc1. The minimum Gasteiger partial charge on any atom is -0.380 e. The highest BCUT2D eigenvalue weighted by Gasteiger charge is 2.72. The van der Waals surface area contributed by atoms with Gasteiger partial charge in [0.05, 0.1) is 22.8 Å². The van der Waals surface area contributed by atoms with Gasteiger partial charge in [0.2, 0.25) is 0 Å². The van der Waals surface area contributed by atoms with Crippen molar-refractivity contribution in [1.29, 1.82) is 5.26 Å². The molecule has 26 heavy (non-hydrogen) atoms. The van der Waals surface area contributed by atoms with Crippen LogP contribution in [0.1, 0.15) is 24.0 Å². The van der Waals surface area contributed by atoms with Gasteiger partial charge in [0.25, 0.3) is 0 Å². The lowest BCUT2D eigenvalue weighted by atomic mass is 10.0. The van der Waals surface area contributed by atoms with E-state index in [4.69, 9.17) is 4.74 Å². The Bertz CT molecular complexity index is 933. The first kappa shape index (κ1) is 19.1. The Labute approximate surface area is 162 Å². The third-order valence-electron chi connectivity index (χ3n) is 4.92. The van der Waals surface area contributed by atoms with Crippen molar-refractivity contribution in [3.8, 4) is 6.07 Å². The summed E-state index contributed by atoms with van der Waals surface area (Å²) in [5.41, 5.74) is 0.772. The highest BCUT2D eigenvalue weighted by Crippen LogP contribution is 2.64. The number of nitriles is 1. The van der Waals surface area contributed by atoms with Gasteiger partial charge in [-0.3, -0.25) is 0 Å². The fourth-order valence-corrected chi connectivity index (χ4v) is 6.06. The topological polar surface area (TPSA) is 67.2 Å². The fourth-order valence-electron chi connectivity index (χ4n) is 3.49. The summed E-state index contributed by atoms with van der Waals surface area (Å²) in [5, 5.41) is 9.08. The van der Waals surface area contributed by atoms with Crippen molar-refractivity contribution in [3.05, 3.63) is 64.1 Å². The summed E-state index contributed by atoms with van der Waals surface area (Å²) in [6, 6.07) is 16.5. The summed E-state index contributed by atoms with van der Waals surface area (Å²) in [4.78, 5) is 0.254. The van der Waals surface area contributed by atoms with Crippen molar-refractivity contribution in [2.24, 2.45) is 5.41 Å². The predicted molar refractivity (Wildman–Crippen MR) is 104 cm³/mol. The number of hydrogen-bond acceptors (Lipinski definition) is 4. The molecule has 0 spiro atoms. The summed E-state index contributed by atoms with van der Waals surface area (Å²) in [5.74, 6) is -0.404. The number of hydrogen-bond donors (Lipinski definition) is 0. The van der Waals surface area contributed by atoms with E-state index < -0.39 is 26.4 Å². The van der Waals surface area contributed by atoms with E-state index in [0.29, 0.717) is 6.61 Å². The van der Waals surface area contributed by atoms with Crippen LogP contribution in [0, 0.1) is 23.7 Å². The standard InChI is InChI=1S/C20H20BrNO3S/c1-3-25-13-20(12-22)18(15-6-8-16(21)9-7-15)19(20)26(23,24)17-10-4-14(2)5-11-17/h4-11,18-19H,3,13H2,1-2H3/t18-,19-,20-/m0/s1. The molecule has 2 aromatic carbocycles. The van der Waals surface area contributed by atoms with Gasteiger partial charge in [0, 0.05) is 17.0 Å². The maximum Gasteiger partial charge on any atom is 0.183 e. The molecule has 1 fully saturated rings. The Morgan fingerprint density at radius 2 is 1.77 bits per heavy atom. The van der Waals surface area contributed by atoms with Crippen molar-refractivity contribution in [1.82, 2.24) is 0 Å². The van der Waals surface area contributed by atoms with Crippen LogP contribution in [0.2, 0.25) is 0 Å². The second-order valence-electron chi connectivity index (χ2n) is 6.60. The molecule has 136 valence electrons. The van der Waals surface area contributed by atoms with E-state index in [2.05, 4.69) is 22.0 Å². The zero-order valence-corrected chi connectivity index (χ0v) is 17.0. The van der Waals surface area contributed by atoms with Gasteiger partial charge in [-0.2, -0.15) is 5.26 Å². The van der Waals surface area contributed by atoms with Crippen LogP contribution in [0.25, 0.3) is 0 Å². The van der Waals surface area contributed by atoms with Crippen LogP contribution in [-0.2, 0) is 14.6 Å². The van der Waals surface area contributed by atoms with Gasteiger partial charge < -0.3 is 4.74 Å². The lowest BCUT2D eigenvalue weighted by molar-refractivity contribution is 0.117. The molecular formula is C20H20BrNO3S. The van der Waals surface area contributed by atoms with E-state index in [-0.39, 0.29) is 11.5 Å². The molecule has 0 bridgehead atoms. The van der Waals surface area contributed by atoms with Gasteiger partial charge in [-0.25, -0.2) is 8.42 Å². The first-order valence-electron chi connectivity index (χ1n) is 8.42. The maximum atomic E-state index is 13.3. The van der Waals surface area contributed by atoms with E-state index in [1.165, 1.54) is 0 Å². The van der Waals surface area contributed by atoms with Crippen LogP contribution in [0.5, 0.6) is 0 Å². The normalized spacial score (nSPS) is 24.8. The van der Waals surface area contributed by atoms with Gasteiger partial charge in [-0.1, -0.05) is 45.8 Å². The Morgan fingerprint density at radius 1 is 1.15 bits per heavy atom. The number of sulfone groups is 1. The summed E-state index contributed by atoms with van der Waals surface area (Å²) < 4.78 is 33.0. The molecule has 1 aliphatic rings. The maximum absolute atomic E-state index is 13.3. The van der Waals surface area contributed by atoms with Gasteiger partial charge in [-0.15, -0.1) is 0 Å². The quantitative estimate of drug-likeness (QED) is 0.682. The number of benzene rings is 2. The predicted octanol–water partition coefficient (Wildman–Crippen LogP) is 4.24. The molecule has 1 saturated carbocycles. The molecule has 0 radical (unpaired) electrons. The average molecular weight is 434 g/mol. The molecule has 4 nitrogen and oxygen atoms in total. The molecular weight excluding hydrogens is 414 g/mol. The summed E-state index contributed by atoms with van der Waals surface area (Å²) >= 11 is 3.39. The lowest BCUT2D eigenvalue weighted by Gasteiger charge is -2.10. The molecule has 0 N–H and O–H groups in total. The van der Waals surface area contributed by atoms with Crippen molar-refractivity contribution < 1.29 is 13.2 Å². The number of rotatable bonds is 6. The second-order valence-corrected chi connectivity index (χ2v) is 9.58. The lowest BCUT2D eigenvalue weighted by Crippen LogP contribution is -2.19. The molecule has 0 aromatic heterocycles. The van der Waals surface area contributed by atoms with Gasteiger partial charge in [0.1, 0.15) is 5.41 Å². The fraction of sp³-hybridized carbons (Fsp3) is 0.350. The largest absolute Gasteiger partial charge is 0.380 e. The second kappa shape index (κ2) is 7.15. The summed E-state index contributed by atoms with van der Waals surface area (Å²) in [6.07, 6.45) is 0. The summed E-state index contributed by atoms with van der Waals surface area (Å²) in [7, 11) is -3.65. The van der Waals surface area contributed by atoms with Crippen LogP contribution in [0.15, 0.2) is 57.9 Å². The van der Waals surface area contributed by atoms with Crippen molar-refractivity contribution in [3.63, 3.8) is 0 Å². The van der Waals surface area contributed by atoms with E-state index in [1.54, 1.807) is 24.3 Å². The summed E-state index contributed by atoms with van der Waals surface area (Å²) in [6.45, 7) is 4.29. The third kappa shape index (κ3) is 3.20. The average Bonchev–Trinajstić information content (AvgIpc) is 3.31. The molecule has 0 aliphatic heterocycles. The van der Waals surface area contributed by atoms with E-state index in [0.717, 1.165) is 15.6 Å². The number of halogens is 1. The molecule has 0 unspecified atom stereocenters. The Balaban J connectivity index is 2.05. The minimum atomic E-state index is -3.65. The monoisotopic (exact) mass is 433 g/mol. The highest BCUT2D eigenvalue weighted by molar-refractivity contribution is 9.10. The molecule has 3 rings (SSSR count). The zero-order chi connectivity index (χ0) is 18.9. The molecule has 0 amide bonds. The van der Waals surface area contributed by atoms with E-state index >= 15 is 0 Å². The van der Waals surface area contributed by atoms with Crippen molar-refractivity contribution in [2.75, 3.05) is 13.2 Å². The van der Waals surface area contributed by atoms with Crippen molar-refractivity contribution >= 4 is 25.8 Å². The number of ether oxygens (including phenoxy) is 1. The molecule has 1 aliphatic carbocycles. The van der Waals surface area contributed by atoms with Crippen molar-refractivity contribution in [2.45, 2.75) is 29.9 Å². The van der Waals surface area contributed by atoms with Crippen LogP contribution in [0.4, 0.5) is 0 Å². The Kier molecular flexibility index (Phi) is 5.25. The van der Waals surface area contributed by atoms with Crippen LogP contribution >= 0.6 is 15.9 Å². The van der Waals surface area contributed by atoms with Crippen LogP contribution in [0.3, 0.4) is 0 Å². The number of nitrogens with zero attached hydrogens (tertiary/aromatic N) is 1. The van der Waals surface area contributed by atoms with Gasteiger partial charge >= 0.3 is 0 Å². The smallest absolute Gasteiger partial charge is 0.183 e. The Morgan fingerprint density at radius 3 is 2.31 bits per heavy atom. The van der Waals surface area contributed by atoms with E-state index in [9.17, 15) is 13.7 Å². The molecule has 3 atom stereocenters. The Hall–Kier alpha value is -1.68. The molecule has 0 heterocycles.